The molecular weight excluding hydrogens is 128 g/mol. The average molecular weight is 142 g/mol. The summed E-state index contributed by atoms with van der Waals surface area (Å²) >= 11 is 0. The van der Waals surface area contributed by atoms with Gasteiger partial charge in [-0.3, -0.25) is 0 Å². The Morgan fingerprint density at radius 1 is 1.70 bits per heavy atom. The summed E-state index contributed by atoms with van der Waals surface area (Å²) in [7, 11) is 0. The second-order valence-corrected chi connectivity index (χ2v) is 2.82. The van der Waals surface area contributed by atoms with Gasteiger partial charge in [-0.15, -0.1) is 0 Å². The lowest BCUT2D eigenvalue weighted by Gasteiger charge is -1.99. The Morgan fingerprint density at radius 3 is 3.00 bits per heavy atom. The van der Waals surface area contributed by atoms with Crippen LogP contribution < -0.4 is 0 Å². The van der Waals surface area contributed by atoms with Crippen LogP contribution in [-0.2, 0) is 4.74 Å². The SMILES string of the molecule is CC1CO[C@@H](/C=C/CO)C1. The van der Waals surface area contributed by atoms with Gasteiger partial charge in [0.1, 0.15) is 0 Å². The molecule has 0 amide bonds. The van der Waals surface area contributed by atoms with Crippen LogP contribution in [0.25, 0.3) is 0 Å². The number of hydrogen-bond donors (Lipinski definition) is 1. The van der Waals surface area contributed by atoms with Crippen molar-refractivity contribution in [3.8, 4) is 0 Å². The molecule has 2 heteroatoms. The monoisotopic (exact) mass is 142 g/mol. The molecule has 0 saturated carbocycles. The Balaban J connectivity index is 2.24. The standard InChI is InChI=1S/C8H14O2/c1-7-5-8(10-6-7)3-2-4-9/h2-3,7-9H,4-6H2,1H3/b3-2+/t7?,8-/m0/s1. The van der Waals surface area contributed by atoms with Crippen LogP contribution >= 0.6 is 0 Å². The van der Waals surface area contributed by atoms with Gasteiger partial charge >= 0.3 is 0 Å². The lowest BCUT2D eigenvalue weighted by atomic mass is 10.1. The normalized spacial score (nSPS) is 33.8. The lowest BCUT2D eigenvalue weighted by Crippen LogP contribution is -1.99. The first-order valence-electron chi connectivity index (χ1n) is 3.72. The third kappa shape index (κ3) is 2.12. The van der Waals surface area contributed by atoms with Crippen LogP contribution in [0, 0.1) is 5.92 Å². The molecule has 1 aliphatic heterocycles. The van der Waals surface area contributed by atoms with E-state index in [-0.39, 0.29) is 12.7 Å². The predicted molar refractivity (Wildman–Crippen MR) is 39.7 cm³/mol. The van der Waals surface area contributed by atoms with Crippen molar-refractivity contribution < 1.29 is 9.84 Å². The van der Waals surface area contributed by atoms with E-state index in [2.05, 4.69) is 6.92 Å². The molecule has 0 spiro atoms. The van der Waals surface area contributed by atoms with Crippen molar-refractivity contribution in [1.29, 1.82) is 0 Å². The molecule has 0 radical (unpaired) electrons. The van der Waals surface area contributed by atoms with E-state index in [0.717, 1.165) is 13.0 Å². The summed E-state index contributed by atoms with van der Waals surface area (Å²) in [6.07, 6.45) is 5.02. The minimum absolute atomic E-state index is 0.119. The van der Waals surface area contributed by atoms with Crippen molar-refractivity contribution in [2.75, 3.05) is 13.2 Å². The minimum Gasteiger partial charge on any atom is -0.392 e. The van der Waals surface area contributed by atoms with Gasteiger partial charge in [-0.05, 0) is 12.3 Å². The molecule has 1 rings (SSSR count). The zero-order valence-electron chi connectivity index (χ0n) is 6.29. The number of aliphatic hydroxyl groups is 1. The molecule has 1 heterocycles. The van der Waals surface area contributed by atoms with Crippen LogP contribution in [0.3, 0.4) is 0 Å². The maximum Gasteiger partial charge on any atom is 0.0760 e. The van der Waals surface area contributed by atoms with E-state index in [9.17, 15) is 0 Å². The molecule has 2 atom stereocenters. The summed E-state index contributed by atoms with van der Waals surface area (Å²) in [5.74, 6) is 0.674. The van der Waals surface area contributed by atoms with Gasteiger partial charge in [0.25, 0.3) is 0 Å². The highest BCUT2D eigenvalue weighted by Gasteiger charge is 2.18. The van der Waals surface area contributed by atoms with Crippen LogP contribution in [0.5, 0.6) is 0 Å². The van der Waals surface area contributed by atoms with E-state index in [0.29, 0.717) is 5.92 Å². The topological polar surface area (TPSA) is 29.5 Å². The highest BCUT2D eigenvalue weighted by Crippen LogP contribution is 2.19. The zero-order valence-corrected chi connectivity index (χ0v) is 6.29. The molecule has 1 unspecified atom stereocenters. The summed E-state index contributed by atoms with van der Waals surface area (Å²) in [6, 6.07) is 0. The molecule has 0 aromatic carbocycles. The molecule has 58 valence electrons. The molecular formula is C8H14O2. The summed E-state index contributed by atoms with van der Waals surface area (Å²) in [5.41, 5.74) is 0. The van der Waals surface area contributed by atoms with Crippen LogP contribution in [0.1, 0.15) is 13.3 Å². The van der Waals surface area contributed by atoms with E-state index in [4.69, 9.17) is 9.84 Å². The predicted octanol–water partition coefficient (Wildman–Crippen LogP) is 0.960. The maximum atomic E-state index is 8.45. The smallest absolute Gasteiger partial charge is 0.0760 e. The van der Waals surface area contributed by atoms with Crippen molar-refractivity contribution in [1.82, 2.24) is 0 Å². The molecule has 0 aromatic heterocycles. The van der Waals surface area contributed by atoms with Gasteiger partial charge < -0.3 is 9.84 Å². The average Bonchev–Trinajstić information content (AvgIpc) is 2.31. The van der Waals surface area contributed by atoms with Gasteiger partial charge in [0.2, 0.25) is 0 Å². The van der Waals surface area contributed by atoms with E-state index in [1.54, 1.807) is 6.08 Å². The Bertz CT molecular complexity index is 120. The molecule has 10 heavy (non-hydrogen) atoms. The molecule has 2 nitrogen and oxygen atoms in total. The molecule has 1 saturated heterocycles. The fourth-order valence-electron chi connectivity index (χ4n) is 1.17. The molecule has 1 fully saturated rings. The van der Waals surface area contributed by atoms with Crippen LogP contribution in [-0.4, -0.2) is 24.4 Å². The van der Waals surface area contributed by atoms with Gasteiger partial charge in [0.05, 0.1) is 19.3 Å². The molecule has 0 aromatic rings. The molecule has 0 aliphatic carbocycles. The lowest BCUT2D eigenvalue weighted by molar-refractivity contribution is 0.139. The Hall–Kier alpha value is -0.340. The van der Waals surface area contributed by atoms with E-state index in [1.807, 2.05) is 6.08 Å². The fourth-order valence-corrected chi connectivity index (χ4v) is 1.17. The summed E-state index contributed by atoms with van der Waals surface area (Å²) in [5, 5.41) is 8.45. The summed E-state index contributed by atoms with van der Waals surface area (Å²) < 4.78 is 5.37. The number of hydrogen-bond acceptors (Lipinski definition) is 2. The number of rotatable bonds is 2. The van der Waals surface area contributed by atoms with Crippen molar-refractivity contribution >= 4 is 0 Å². The Morgan fingerprint density at radius 2 is 2.50 bits per heavy atom. The zero-order chi connectivity index (χ0) is 7.40. The van der Waals surface area contributed by atoms with Crippen molar-refractivity contribution in [2.24, 2.45) is 5.92 Å². The number of aliphatic hydroxyl groups excluding tert-OH is 1. The van der Waals surface area contributed by atoms with Crippen molar-refractivity contribution in [3.63, 3.8) is 0 Å². The van der Waals surface area contributed by atoms with E-state index < -0.39 is 0 Å². The first-order valence-corrected chi connectivity index (χ1v) is 3.72. The Kier molecular flexibility index (Phi) is 2.90. The second kappa shape index (κ2) is 3.74. The van der Waals surface area contributed by atoms with Gasteiger partial charge in [-0.2, -0.15) is 0 Å². The Labute approximate surface area is 61.5 Å². The van der Waals surface area contributed by atoms with Crippen LogP contribution in [0.4, 0.5) is 0 Å². The fraction of sp³-hybridized carbons (Fsp3) is 0.750. The molecule has 0 bridgehead atoms. The second-order valence-electron chi connectivity index (χ2n) is 2.82. The number of ether oxygens (including phenoxy) is 1. The van der Waals surface area contributed by atoms with Crippen molar-refractivity contribution in [2.45, 2.75) is 19.4 Å². The van der Waals surface area contributed by atoms with Gasteiger partial charge in [-0.1, -0.05) is 19.1 Å². The molecule has 1 N–H and O–H groups in total. The molecule has 1 aliphatic rings. The first-order chi connectivity index (χ1) is 4.83. The van der Waals surface area contributed by atoms with Gasteiger partial charge in [0, 0.05) is 0 Å². The third-order valence-corrected chi connectivity index (χ3v) is 1.69. The third-order valence-electron chi connectivity index (χ3n) is 1.69. The first kappa shape index (κ1) is 7.76. The minimum atomic E-state index is 0.119. The van der Waals surface area contributed by atoms with Crippen molar-refractivity contribution in [3.05, 3.63) is 12.2 Å². The van der Waals surface area contributed by atoms with Crippen LogP contribution in [0.15, 0.2) is 12.2 Å². The maximum absolute atomic E-state index is 8.45. The largest absolute Gasteiger partial charge is 0.392 e. The summed E-state index contributed by atoms with van der Waals surface area (Å²) in [6.45, 7) is 3.15. The summed E-state index contributed by atoms with van der Waals surface area (Å²) in [4.78, 5) is 0. The van der Waals surface area contributed by atoms with Gasteiger partial charge in [0.15, 0.2) is 0 Å². The highest BCUT2D eigenvalue weighted by atomic mass is 16.5. The van der Waals surface area contributed by atoms with Gasteiger partial charge in [-0.25, -0.2) is 0 Å². The quantitative estimate of drug-likeness (QED) is 0.582. The van der Waals surface area contributed by atoms with E-state index >= 15 is 0 Å². The van der Waals surface area contributed by atoms with Crippen LogP contribution in [0.2, 0.25) is 0 Å². The van der Waals surface area contributed by atoms with E-state index in [1.165, 1.54) is 0 Å². The highest BCUT2D eigenvalue weighted by molar-refractivity contribution is 4.92.